The standard InChI is InChI=1S/C29H47N3O3Si/c1-18(2)36(19(3)4,20(5)6)32-15-13-23-25(22(8)16-30-27(23)32)26(33)24-17-31(14-12-21(24)7)28(34)35-29(9,10)11/h13,15-16,18-21,24H,12,14,17H2,1-11H3/t21-,24?/m0/s1. The van der Waals surface area contributed by atoms with Crippen LogP contribution in [0.3, 0.4) is 0 Å². The van der Waals surface area contributed by atoms with Gasteiger partial charge in [-0.3, -0.25) is 4.79 Å². The molecule has 200 valence electrons. The number of rotatable bonds is 6. The van der Waals surface area contributed by atoms with Crippen molar-refractivity contribution in [3.63, 3.8) is 0 Å². The number of carbonyl (C=O) groups excluding carboxylic acids is 2. The summed E-state index contributed by atoms with van der Waals surface area (Å²) < 4.78 is 8.08. The van der Waals surface area contributed by atoms with E-state index in [-0.39, 0.29) is 23.7 Å². The van der Waals surface area contributed by atoms with E-state index in [9.17, 15) is 9.59 Å². The molecule has 2 aromatic heterocycles. The van der Waals surface area contributed by atoms with Crippen LogP contribution in [0.15, 0.2) is 18.5 Å². The molecule has 0 aromatic carbocycles. The highest BCUT2D eigenvalue weighted by molar-refractivity contribution is 6.82. The predicted octanol–water partition coefficient (Wildman–Crippen LogP) is 7.44. The fraction of sp³-hybridized carbons (Fsp3) is 0.690. The third-order valence-electron chi connectivity index (χ3n) is 8.29. The van der Waals surface area contributed by atoms with Crippen molar-refractivity contribution in [1.29, 1.82) is 0 Å². The van der Waals surface area contributed by atoms with Crippen molar-refractivity contribution in [2.24, 2.45) is 11.8 Å². The normalized spacial score (nSPS) is 19.6. The smallest absolute Gasteiger partial charge is 0.410 e. The average Bonchev–Trinajstić information content (AvgIpc) is 3.16. The molecule has 6 nitrogen and oxygen atoms in total. The Kier molecular flexibility index (Phi) is 8.14. The molecule has 0 aliphatic carbocycles. The quantitative estimate of drug-likeness (QED) is 0.297. The van der Waals surface area contributed by atoms with Gasteiger partial charge in [-0.05, 0) is 74.5 Å². The minimum absolute atomic E-state index is 0.115. The highest BCUT2D eigenvalue weighted by atomic mass is 28.3. The number of likely N-dealkylation sites (tertiary alicyclic amines) is 1. The maximum Gasteiger partial charge on any atom is 0.410 e. The summed E-state index contributed by atoms with van der Waals surface area (Å²) >= 11 is 0. The van der Waals surface area contributed by atoms with Crippen LogP contribution in [-0.2, 0) is 4.74 Å². The number of hydrogen-bond acceptors (Lipinski definition) is 4. The number of amides is 1. The second-order valence-electron chi connectivity index (χ2n) is 12.8. The Morgan fingerprint density at radius 1 is 1.08 bits per heavy atom. The number of Topliss-reactive ketones (excluding diaryl/α,β-unsaturated/α-hetero) is 1. The number of nitrogens with zero attached hydrogens (tertiary/aromatic N) is 3. The van der Waals surface area contributed by atoms with E-state index in [2.05, 4.69) is 65.0 Å². The van der Waals surface area contributed by atoms with Gasteiger partial charge >= 0.3 is 6.09 Å². The predicted molar refractivity (Wildman–Crippen MR) is 150 cm³/mol. The monoisotopic (exact) mass is 513 g/mol. The van der Waals surface area contributed by atoms with Gasteiger partial charge in [0.05, 0.1) is 0 Å². The zero-order valence-electron chi connectivity index (χ0n) is 24.3. The van der Waals surface area contributed by atoms with Crippen LogP contribution >= 0.6 is 0 Å². The van der Waals surface area contributed by atoms with Crippen LogP contribution in [-0.4, -0.2) is 52.9 Å². The third kappa shape index (κ3) is 5.00. The topological polar surface area (TPSA) is 64.4 Å². The Balaban J connectivity index is 2.07. The third-order valence-corrected chi connectivity index (χ3v) is 15.0. The van der Waals surface area contributed by atoms with E-state index >= 15 is 0 Å². The molecule has 1 saturated heterocycles. The van der Waals surface area contributed by atoms with E-state index in [0.29, 0.717) is 29.7 Å². The SMILES string of the molecule is Cc1cnc2c(ccn2[Si](C(C)C)(C(C)C)C(C)C)c1C(=O)C1CN(C(=O)OC(C)(C)C)CC[C@@H]1C. The van der Waals surface area contributed by atoms with Crippen molar-refractivity contribution in [1.82, 2.24) is 14.1 Å². The molecule has 1 unspecified atom stereocenters. The lowest BCUT2D eigenvalue weighted by atomic mass is 9.80. The number of pyridine rings is 1. The number of aromatic nitrogens is 2. The molecule has 0 bridgehead atoms. The van der Waals surface area contributed by atoms with Crippen molar-refractivity contribution in [2.45, 2.75) is 105 Å². The van der Waals surface area contributed by atoms with E-state index < -0.39 is 13.8 Å². The van der Waals surface area contributed by atoms with Crippen LogP contribution in [0.4, 0.5) is 4.79 Å². The lowest BCUT2D eigenvalue weighted by Crippen LogP contribution is -2.51. The highest BCUT2D eigenvalue weighted by Gasteiger charge is 2.46. The van der Waals surface area contributed by atoms with Crippen molar-refractivity contribution in [2.75, 3.05) is 13.1 Å². The molecule has 0 radical (unpaired) electrons. The Bertz CT molecular complexity index is 1090. The molecule has 1 fully saturated rings. The van der Waals surface area contributed by atoms with Gasteiger partial charge in [-0.15, -0.1) is 0 Å². The number of ether oxygens (including phenoxy) is 1. The minimum Gasteiger partial charge on any atom is -0.444 e. The molecule has 0 spiro atoms. The number of carbonyl (C=O) groups is 2. The first-order valence-corrected chi connectivity index (χ1v) is 15.8. The van der Waals surface area contributed by atoms with Crippen molar-refractivity contribution in [3.8, 4) is 0 Å². The molecule has 2 atom stereocenters. The number of fused-ring (bicyclic) bond motifs is 1. The van der Waals surface area contributed by atoms with Gasteiger partial charge in [0.25, 0.3) is 0 Å². The van der Waals surface area contributed by atoms with Gasteiger partial charge in [-0.1, -0.05) is 48.5 Å². The van der Waals surface area contributed by atoms with Crippen LogP contribution in [0.2, 0.25) is 16.6 Å². The molecule has 1 amide bonds. The van der Waals surface area contributed by atoms with Crippen LogP contribution in [0.1, 0.15) is 91.6 Å². The van der Waals surface area contributed by atoms with Crippen LogP contribution < -0.4 is 0 Å². The molecule has 2 aromatic rings. The van der Waals surface area contributed by atoms with Crippen molar-refractivity contribution < 1.29 is 14.3 Å². The first-order chi connectivity index (χ1) is 16.6. The summed E-state index contributed by atoms with van der Waals surface area (Å²) in [5.74, 6) is 0.0434. The van der Waals surface area contributed by atoms with Gasteiger partial charge in [-0.2, -0.15) is 0 Å². The zero-order valence-corrected chi connectivity index (χ0v) is 25.3. The number of aryl methyl sites for hydroxylation is 1. The van der Waals surface area contributed by atoms with E-state index in [1.54, 1.807) is 4.90 Å². The fourth-order valence-corrected chi connectivity index (χ4v) is 13.3. The lowest BCUT2D eigenvalue weighted by molar-refractivity contribution is 0.0124. The minimum atomic E-state index is -2.02. The summed E-state index contributed by atoms with van der Waals surface area (Å²) in [6, 6.07) is 2.11. The molecule has 1 aliphatic heterocycles. The van der Waals surface area contributed by atoms with Crippen molar-refractivity contribution in [3.05, 3.63) is 29.6 Å². The molecule has 3 rings (SSSR count). The number of ketones is 1. The van der Waals surface area contributed by atoms with E-state index in [0.717, 1.165) is 28.6 Å². The van der Waals surface area contributed by atoms with Gasteiger partial charge in [0.2, 0.25) is 0 Å². The van der Waals surface area contributed by atoms with Gasteiger partial charge in [0, 0.05) is 36.2 Å². The van der Waals surface area contributed by atoms with Gasteiger partial charge < -0.3 is 13.9 Å². The summed E-state index contributed by atoms with van der Waals surface area (Å²) in [5.41, 5.74) is 3.61. The first kappa shape index (κ1) is 28.4. The van der Waals surface area contributed by atoms with Crippen molar-refractivity contribution >= 4 is 31.1 Å². The van der Waals surface area contributed by atoms with Gasteiger partial charge in [-0.25, -0.2) is 9.78 Å². The maximum atomic E-state index is 14.2. The summed E-state index contributed by atoms with van der Waals surface area (Å²) in [4.78, 5) is 33.6. The molecule has 36 heavy (non-hydrogen) atoms. The average molecular weight is 514 g/mol. The second-order valence-corrected chi connectivity index (χ2v) is 18.5. The second kappa shape index (κ2) is 10.3. The van der Waals surface area contributed by atoms with Crippen LogP contribution in [0.5, 0.6) is 0 Å². The molecular formula is C29H47N3O3Si. The van der Waals surface area contributed by atoms with Crippen LogP contribution in [0, 0.1) is 18.8 Å². The summed E-state index contributed by atoms with van der Waals surface area (Å²) in [5, 5.41) is 0.945. The van der Waals surface area contributed by atoms with E-state index in [1.165, 1.54) is 0 Å². The van der Waals surface area contributed by atoms with E-state index in [4.69, 9.17) is 9.72 Å². The van der Waals surface area contributed by atoms with E-state index in [1.807, 2.05) is 33.9 Å². The van der Waals surface area contributed by atoms with Gasteiger partial charge in [0.15, 0.2) is 14.0 Å². The molecule has 1 aliphatic rings. The summed E-state index contributed by atoms with van der Waals surface area (Å²) in [7, 11) is -2.02. The number of hydrogen-bond donors (Lipinski definition) is 0. The molecule has 0 N–H and O–H groups in total. The first-order valence-electron chi connectivity index (χ1n) is 13.6. The fourth-order valence-electron chi connectivity index (χ4n) is 6.75. The molecule has 0 saturated carbocycles. The molecular weight excluding hydrogens is 466 g/mol. The zero-order chi connectivity index (χ0) is 27.2. The Hall–Kier alpha value is -2.15. The summed E-state index contributed by atoms with van der Waals surface area (Å²) in [6.07, 6.45) is 4.51. The van der Waals surface area contributed by atoms with Crippen LogP contribution in [0.25, 0.3) is 11.0 Å². The largest absolute Gasteiger partial charge is 0.444 e. The highest BCUT2D eigenvalue weighted by Crippen LogP contribution is 2.44. The number of piperidine rings is 1. The Morgan fingerprint density at radius 2 is 1.67 bits per heavy atom. The Labute approximate surface area is 218 Å². The lowest BCUT2D eigenvalue weighted by Gasteiger charge is -2.44. The maximum absolute atomic E-state index is 14.2. The molecule has 7 heteroatoms. The van der Waals surface area contributed by atoms with Gasteiger partial charge in [0.1, 0.15) is 11.2 Å². The molecule has 3 heterocycles. The Morgan fingerprint density at radius 3 is 2.19 bits per heavy atom. The summed E-state index contributed by atoms with van der Waals surface area (Å²) in [6.45, 7) is 24.8.